The van der Waals surface area contributed by atoms with Gasteiger partial charge in [0.1, 0.15) is 22.0 Å². The molecule has 0 spiro atoms. The fourth-order valence-electron chi connectivity index (χ4n) is 2.27. The van der Waals surface area contributed by atoms with Gasteiger partial charge in [-0.05, 0) is 44.5 Å². The smallest absolute Gasteiger partial charge is 0.237 e. The van der Waals surface area contributed by atoms with Crippen LogP contribution in [0.4, 0.5) is 10.1 Å². The van der Waals surface area contributed by atoms with Gasteiger partial charge in [-0.1, -0.05) is 17.8 Å². The van der Waals surface area contributed by atoms with Crippen molar-refractivity contribution in [3.05, 3.63) is 46.9 Å². The van der Waals surface area contributed by atoms with E-state index in [-0.39, 0.29) is 17.0 Å². The molecule has 4 nitrogen and oxygen atoms in total. The quantitative estimate of drug-likeness (QED) is 0.546. The Morgan fingerprint density at radius 3 is 2.88 bits per heavy atom. The van der Waals surface area contributed by atoms with E-state index < -0.39 is 0 Å². The lowest BCUT2D eigenvalue weighted by molar-refractivity contribution is -0.115. The lowest BCUT2D eigenvalue weighted by atomic mass is 10.2. The van der Waals surface area contributed by atoms with Gasteiger partial charge < -0.3 is 5.32 Å². The molecule has 0 radical (unpaired) electrons. The first-order valence-corrected chi connectivity index (χ1v) is 9.09. The molecule has 0 saturated heterocycles. The maximum Gasteiger partial charge on any atom is 0.237 e. The minimum absolute atomic E-state index is 0.193. The highest BCUT2D eigenvalue weighted by Gasteiger charge is 2.19. The van der Waals surface area contributed by atoms with Crippen molar-refractivity contribution in [3.63, 3.8) is 0 Å². The van der Waals surface area contributed by atoms with Crippen molar-refractivity contribution in [1.82, 2.24) is 9.97 Å². The van der Waals surface area contributed by atoms with Gasteiger partial charge in [-0.3, -0.25) is 4.79 Å². The number of hydrogen-bond donors (Lipinski definition) is 1. The van der Waals surface area contributed by atoms with Gasteiger partial charge in [-0.15, -0.1) is 11.3 Å². The highest BCUT2D eigenvalue weighted by molar-refractivity contribution is 8.00. The van der Waals surface area contributed by atoms with E-state index in [4.69, 9.17) is 0 Å². The van der Waals surface area contributed by atoms with Gasteiger partial charge in [-0.2, -0.15) is 0 Å². The summed E-state index contributed by atoms with van der Waals surface area (Å²) in [5.41, 5.74) is 1.60. The maximum absolute atomic E-state index is 13.2. The number of fused-ring (bicyclic) bond motifs is 1. The van der Waals surface area contributed by atoms with Gasteiger partial charge in [0.05, 0.1) is 5.25 Å². The highest BCUT2D eigenvalue weighted by Crippen LogP contribution is 2.36. The third-order valence-corrected chi connectivity index (χ3v) is 5.90. The third kappa shape index (κ3) is 3.42. The predicted molar refractivity (Wildman–Crippen MR) is 97.2 cm³/mol. The number of aromatic nitrogens is 2. The fraction of sp³-hybridized carbons (Fsp3) is 0.235. The van der Waals surface area contributed by atoms with Gasteiger partial charge >= 0.3 is 0 Å². The second-order valence-electron chi connectivity index (χ2n) is 5.40. The van der Waals surface area contributed by atoms with Crippen LogP contribution in [0.3, 0.4) is 0 Å². The molecule has 0 saturated carbocycles. The molecule has 3 aromatic rings. The number of nitrogens with zero attached hydrogens (tertiary/aromatic N) is 2. The highest BCUT2D eigenvalue weighted by atomic mass is 32.2. The van der Waals surface area contributed by atoms with Gasteiger partial charge in [-0.25, -0.2) is 14.4 Å². The van der Waals surface area contributed by atoms with Crippen LogP contribution in [0.25, 0.3) is 10.2 Å². The van der Waals surface area contributed by atoms with Gasteiger partial charge in [0.15, 0.2) is 0 Å². The molecule has 124 valence electrons. The van der Waals surface area contributed by atoms with E-state index in [2.05, 4.69) is 22.2 Å². The Hall–Kier alpha value is -1.99. The number of rotatable bonds is 4. The molecule has 2 heterocycles. The Morgan fingerprint density at radius 2 is 2.12 bits per heavy atom. The molecular formula is C17H16FN3OS2. The number of carbonyl (C=O) groups is 1. The summed E-state index contributed by atoms with van der Waals surface area (Å²) in [6, 6.07) is 5.86. The molecule has 0 aliphatic rings. The minimum Gasteiger partial charge on any atom is -0.325 e. The lowest BCUT2D eigenvalue weighted by Gasteiger charge is -2.12. The molecular weight excluding hydrogens is 345 g/mol. The molecule has 1 N–H and O–H groups in total. The van der Waals surface area contributed by atoms with E-state index in [9.17, 15) is 9.18 Å². The Labute approximate surface area is 147 Å². The van der Waals surface area contributed by atoms with Crippen LogP contribution in [-0.2, 0) is 4.79 Å². The van der Waals surface area contributed by atoms with Crippen LogP contribution in [-0.4, -0.2) is 21.1 Å². The van der Waals surface area contributed by atoms with E-state index in [0.29, 0.717) is 5.69 Å². The fourth-order valence-corrected chi connectivity index (χ4v) is 4.31. The van der Waals surface area contributed by atoms with Crippen LogP contribution in [0.5, 0.6) is 0 Å². The minimum atomic E-state index is -0.380. The van der Waals surface area contributed by atoms with Crippen LogP contribution in [0.1, 0.15) is 17.4 Å². The van der Waals surface area contributed by atoms with Crippen LogP contribution in [0.15, 0.2) is 35.6 Å². The number of benzene rings is 1. The molecule has 1 aromatic carbocycles. The first-order valence-electron chi connectivity index (χ1n) is 7.39. The van der Waals surface area contributed by atoms with E-state index >= 15 is 0 Å². The topological polar surface area (TPSA) is 54.9 Å². The zero-order valence-electron chi connectivity index (χ0n) is 13.5. The molecule has 1 atom stereocenters. The number of halogens is 1. The SMILES string of the molecule is Cc1sc2ncnc(S[C@H](C)C(=O)Nc3cccc(F)c3)c2c1C. The van der Waals surface area contributed by atoms with Crippen molar-refractivity contribution in [2.75, 3.05) is 5.32 Å². The number of hydrogen-bond acceptors (Lipinski definition) is 5. The van der Waals surface area contributed by atoms with E-state index in [1.807, 2.05) is 13.8 Å². The van der Waals surface area contributed by atoms with E-state index in [0.717, 1.165) is 20.8 Å². The Kier molecular flexibility index (Phi) is 4.82. The number of anilines is 1. The Morgan fingerprint density at radius 1 is 1.33 bits per heavy atom. The molecule has 0 aliphatic heterocycles. The van der Waals surface area contributed by atoms with Gasteiger partial charge in [0.25, 0.3) is 0 Å². The molecule has 0 aliphatic carbocycles. The summed E-state index contributed by atoms with van der Waals surface area (Å²) in [5, 5.41) is 4.17. The third-order valence-electron chi connectivity index (χ3n) is 3.68. The summed E-state index contributed by atoms with van der Waals surface area (Å²) >= 11 is 3.01. The summed E-state index contributed by atoms with van der Waals surface area (Å²) in [7, 11) is 0. The van der Waals surface area contributed by atoms with Crippen molar-refractivity contribution in [2.24, 2.45) is 0 Å². The number of thioether (sulfide) groups is 1. The number of thiophene rings is 1. The number of aryl methyl sites for hydroxylation is 2. The largest absolute Gasteiger partial charge is 0.325 e. The Bertz CT molecular complexity index is 910. The van der Waals surface area contributed by atoms with E-state index in [1.165, 1.54) is 35.1 Å². The van der Waals surface area contributed by atoms with Crippen molar-refractivity contribution < 1.29 is 9.18 Å². The average Bonchev–Trinajstić information content (AvgIpc) is 2.83. The summed E-state index contributed by atoms with van der Waals surface area (Å²) in [4.78, 5) is 23.1. The maximum atomic E-state index is 13.2. The van der Waals surface area contributed by atoms with Crippen LogP contribution >= 0.6 is 23.1 Å². The van der Waals surface area contributed by atoms with Crippen LogP contribution in [0, 0.1) is 19.7 Å². The molecule has 0 bridgehead atoms. The molecule has 2 aromatic heterocycles. The van der Waals surface area contributed by atoms with Crippen molar-refractivity contribution in [2.45, 2.75) is 31.0 Å². The molecule has 24 heavy (non-hydrogen) atoms. The zero-order chi connectivity index (χ0) is 17.3. The average molecular weight is 361 g/mol. The molecule has 0 unspecified atom stereocenters. The second-order valence-corrected chi connectivity index (χ2v) is 7.93. The first-order chi connectivity index (χ1) is 11.5. The molecule has 0 fully saturated rings. The summed E-state index contributed by atoms with van der Waals surface area (Å²) in [6.45, 7) is 5.90. The van der Waals surface area contributed by atoms with E-state index in [1.54, 1.807) is 23.5 Å². The molecule has 7 heteroatoms. The van der Waals surface area contributed by atoms with Crippen LogP contribution in [0.2, 0.25) is 0 Å². The second kappa shape index (κ2) is 6.86. The number of carbonyl (C=O) groups excluding carboxylic acids is 1. The molecule has 3 rings (SSSR count). The van der Waals surface area contributed by atoms with Gasteiger partial charge in [0.2, 0.25) is 5.91 Å². The standard InChI is InChI=1S/C17H16FN3OS2/c1-9-10(2)23-16-14(9)17(20-8-19-16)24-11(3)15(22)21-13-6-4-5-12(18)7-13/h4-8,11H,1-3H3,(H,21,22)/t11-/m1/s1. The summed E-state index contributed by atoms with van der Waals surface area (Å²) in [5.74, 6) is -0.572. The summed E-state index contributed by atoms with van der Waals surface area (Å²) in [6.07, 6.45) is 1.53. The number of amides is 1. The first kappa shape index (κ1) is 16.9. The lowest BCUT2D eigenvalue weighted by Crippen LogP contribution is -2.22. The monoisotopic (exact) mass is 361 g/mol. The zero-order valence-corrected chi connectivity index (χ0v) is 15.1. The normalized spacial score (nSPS) is 12.3. The van der Waals surface area contributed by atoms with Crippen molar-refractivity contribution in [3.8, 4) is 0 Å². The van der Waals surface area contributed by atoms with Crippen LogP contribution < -0.4 is 5.32 Å². The van der Waals surface area contributed by atoms with Gasteiger partial charge in [0, 0.05) is 16.0 Å². The van der Waals surface area contributed by atoms with Crippen molar-refractivity contribution >= 4 is 44.9 Å². The number of nitrogens with one attached hydrogen (secondary N) is 1. The Balaban J connectivity index is 1.79. The van der Waals surface area contributed by atoms with Crippen molar-refractivity contribution in [1.29, 1.82) is 0 Å². The predicted octanol–water partition coefficient (Wildman–Crippen LogP) is 4.57. The summed E-state index contributed by atoms with van der Waals surface area (Å²) < 4.78 is 13.2. The molecule has 1 amide bonds.